The molecule has 0 spiro atoms. The largest absolute Gasteiger partial charge is 0.332 e. The number of hydrogen-bond donors (Lipinski definition) is 2. The fourth-order valence-corrected chi connectivity index (χ4v) is 7.31. The number of rotatable bonds is 1. The average molecular weight is 442 g/mol. The van der Waals surface area contributed by atoms with Crippen molar-refractivity contribution >= 4 is 35.2 Å². The molecule has 5 aliphatic heterocycles. The molecule has 2 N–H and O–H groups in total. The van der Waals surface area contributed by atoms with Crippen LogP contribution < -0.4 is 15.5 Å². The monoisotopic (exact) mass is 442 g/mol. The number of nitrogens with one attached hydrogen (secondary N) is 2. The topological polar surface area (TPSA) is 116 Å². The molecule has 2 aromatic carbocycles. The molecule has 0 aromatic heterocycles. The second-order valence-corrected chi connectivity index (χ2v) is 9.29. The SMILES string of the molecule is CN1C(=O)c2ccccc2N2C3([C@H]4CC(=O)NC4=O)c4ccccc4C12C1C(=O)NC(=O)C13. The van der Waals surface area contributed by atoms with Crippen molar-refractivity contribution in [3.05, 3.63) is 65.2 Å². The van der Waals surface area contributed by atoms with Crippen LogP contribution in [0.5, 0.6) is 0 Å². The minimum atomic E-state index is -1.31. The van der Waals surface area contributed by atoms with Gasteiger partial charge in [-0.05, 0) is 17.7 Å². The molecule has 5 heterocycles. The highest BCUT2D eigenvalue weighted by Crippen LogP contribution is 2.73. The Morgan fingerprint density at radius 3 is 2.21 bits per heavy atom. The van der Waals surface area contributed by atoms with Gasteiger partial charge in [0.25, 0.3) is 5.91 Å². The Morgan fingerprint density at radius 2 is 1.48 bits per heavy atom. The van der Waals surface area contributed by atoms with Gasteiger partial charge in [-0.2, -0.15) is 0 Å². The maximum atomic E-state index is 13.6. The third kappa shape index (κ3) is 1.68. The van der Waals surface area contributed by atoms with Crippen LogP contribution in [0.3, 0.4) is 0 Å². The van der Waals surface area contributed by atoms with Gasteiger partial charge in [-0.1, -0.05) is 36.4 Å². The van der Waals surface area contributed by atoms with Crippen LogP contribution in [-0.2, 0) is 30.4 Å². The standard InChI is InChI=1S/C24H18N4O5/c1-27-22(33)11-6-2-5-9-15(11)28-23(14-10-16(29)25-19(14)30)12-7-3-4-8-13(12)24(27,28)18-17(23)20(31)26-21(18)32/h2-9,14,17-18H,10H2,1H3,(H,25,29,30)(H,26,31,32)/t14-,17?,18?,23?,24?/m0/s1. The van der Waals surface area contributed by atoms with E-state index in [1.807, 2.05) is 29.2 Å². The van der Waals surface area contributed by atoms with Crippen LogP contribution in [0.2, 0.25) is 0 Å². The van der Waals surface area contributed by atoms with Gasteiger partial charge in [0, 0.05) is 19.0 Å². The van der Waals surface area contributed by atoms with Gasteiger partial charge in [0.15, 0.2) is 5.66 Å². The molecule has 7 rings (SSSR count). The fraction of sp³-hybridized carbons (Fsp3) is 0.292. The third-order valence-electron chi connectivity index (χ3n) is 8.21. The number of amides is 5. The van der Waals surface area contributed by atoms with E-state index in [0.29, 0.717) is 22.4 Å². The summed E-state index contributed by atoms with van der Waals surface area (Å²) in [7, 11) is 1.64. The quantitative estimate of drug-likeness (QED) is 0.610. The lowest BCUT2D eigenvalue weighted by atomic mass is 9.62. The fourth-order valence-electron chi connectivity index (χ4n) is 7.31. The minimum absolute atomic E-state index is 0.107. The van der Waals surface area contributed by atoms with Gasteiger partial charge in [0.2, 0.25) is 23.6 Å². The van der Waals surface area contributed by atoms with Crippen molar-refractivity contribution in [1.29, 1.82) is 0 Å². The Morgan fingerprint density at radius 1 is 0.818 bits per heavy atom. The second kappa shape index (κ2) is 5.48. The molecule has 3 fully saturated rings. The van der Waals surface area contributed by atoms with E-state index < -0.39 is 52.6 Å². The van der Waals surface area contributed by atoms with Crippen LogP contribution in [0.4, 0.5) is 5.69 Å². The van der Waals surface area contributed by atoms with E-state index in [2.05, 4.69) is 10.6 Å². The smallest absolute Gasteiger partial charge is 0.257 e. The first-order chi connectivity index (χ1) is 15.9. The van der Waals surface area contributed by atoms with Gasteiger partial charge in [-0.15, -0.1) is 0 Å². The lowest BCUT2D eigenvalue weighted by Crippen LogP contribution is -2.64. The maximum Gasteiger partial charge on any atom is 0.257 e. The van der Waals surface area contributed by atoms with E-state index in [-0.39, 0.29) is 12.3 Å². The molecule has 3 saturated heterocycles. The van der Waals surface area contributed by atoms with Gasteiger partial charge >= 0.3 is 0 Å². The summed E-state index contributed by atoms with van der Waals surface area (Å²) in [6.07, 6.45) is -0.107. The lowest BCUT2D eigenvalue weighted by Gasteiger charge is -2.52. The van der Waals surface area contributed by atoms with Crippen molar-refractivity contribution in [3.63, 3.8) is 0 Å². The first-order valence-electron chi connectivity index (χ1n) is 10.8. The number of hydrogen-bond acceptors (Lipinski definition) is 6. The summed E-state index contributed by atoms with van der Waals surface area (Å²) in [4.78, 5) is 69.4. The molecule has 9 nitrogen and oxygen atoms in total. The number of carbonyl (C=O) groups is 5. The normalized spacial score (nSPS) is 35.3. The van der Waals surface area contributed by atoms with Gasteiger partial charge in [-0.25, -0.2) is 0 Å². The van der Waals surface area contributed by atoms with Crippen LogP contribution in [0.25, 0.3) is 0 Å². The summed E-state index contributed by atoms with van der Waals surface area (Å²) in [5, 5.41) is 4.85. The average Bonchev–Trinajstić information content (AvgIpc) is 3.48. The Balaban J connectivity index is 1.68. The third-order valence-corrected chi connectivity index (χ3v) is 8.21. The Bertz CT molecular complexity index is 1370. The first-order valence-corrected chi connectivity index (χ1v) is 10.8. The zero-order valence-electron chi connectivity index (χ0n) is 17.5. The molecule has 164 valence electrons. The summed E-state index contributed by atoms with van der Waals surface area (Å²) < 4.78 is 0. The van der Waals surface area contributed by atoms with E-state index in [0.717, 1.165) is 0 Å². The van der Waals surface area contributed by atoms with E-state index in [9.17, 15) is 24.0 Å². The lowest BCUT2D eigenvalue weighted by molar-refractivity contribution is -0.129. The van der Waals surface area contributed by atoms with Crippen LogP contribution >= 0.6 is 0 Å². The van der Waals surface area contributed by atoms with Gasteiger partial charge in [-0.3, -0.25) is 34.6 Å². The van der Waals surface area contributed by atoms with Crippen molar-refractivity contribution in [2.24, 2.45) is 17.8 Å². The molecule has 0 radical (unpaired) electrons. The second-order valence-electron chi connectivity index (χ2n) is 9.29. The minimum Gasteiger partial charge on any atom is -0.332 e. The Hall–Kier alpha value is -4.01. The zero-order chi connectivity index (χ0) is 22.9. The highest BCUT2D eigenvalue weighted by molar-refractivity contribution is 6.14. The van der Waals surface area contributed by atoms with Crippen LogP contribution in [0.15, 0.2) is 48.5 Å². The van der Waals surface area contributed by atoms with Gasteiger partial charge in [0.1, 0.15) is 0 Å². The maximum absolute atomic E-state index is 13.6. The van der Waals surface area contributed by atoms with Crippen molar-refractivity contribution in [1.82, 2.24) is 15.5 Å². The predicted molar refractivity (Wildman–Crippen MR) is 112 cm³/mol. The molecule has 33 heavy (non-hydrogen) atoms. The number of carbonyl (C=O) groups excluding carboxylic acids is 5. The zero-order valence-corrected chi connectivity index (χ0v) is 17.5. The molecule has 9 heteroatoms. The number of anilines is 1. The number of para-hydroxylation sites is 1. The number of imide groups is 2. The van der Waals surface area contributed by atoms with Gasteiger partial charge in [0.05, 0.1) is 34.5 Å². The van der Waals surface area contributed by atoms with E-state index in [1.165, 1.54) is 4.90 Å². The van der Waals surface area contributed by atoms with Crippen LogP contribution in [-0.4, -0.2) is 41.5 Å². The highest BCUT2D eigenvalue weighted by Gasteiger charge is 2.84. The van der Waals surface area contributed by atoms with Crippen molar-refractivity contribution in [2.75, 3.05) is 11.9 Å². The summed E-state index contributed by atoms with van der Waals surface area (Å²) >= 11 is 0. The molecule has 5 atom stereocenters. The van der Waals surface area contributed by atoms with E-state index in [4.69, 9.17) is 0 Å². The van der Waals surface area contributed by atoms with E-state index in [1.54, 1.807) is 31.3 Å². The first kappa shape index (κ1) is 18.6. The van der Waals surface area contributed by atoms with E-state index >= 15 is 0 Å². The summed E-state index contributed by atoms with van der Waals surface area (Å²) in [5.74, 6) is -4.91. The van der Waals surface area contributed by atoms with Crippen molar-refractivity contribution in [2.45, 2.75) is 17.6 Å². The molecule has 5 amide bonds. The molecular formula is C24H18N4O5. The molecular weight excluding hydrogens is 424 g/mol. The molecule has 0 saturated carbocycles. The summed E-state index contributed by atoms with van der Waals surface area (Å²) in [6.45, 7) is 0. The molecule has 4 unspecified atom stereocenters. The summed E-state index contributed by atoms with van der Waals surface area (Å²) in [6, 6.07) is 14.4. The molecule has 2 bridgehead atoms. The highest BCUT2D eigenvalue weighted by atomic mass is 16.2. The molecule has 2 aromatic rings. The van der Waals surface area contributed by atoms with Crippen LogP contribution in [0, 0.1) is 17.8 Å². The van der Waals surface area contributed by atoms with Crippen molar-refractivity contribution < 1.29 is 24.0 Å². The number of fused-ring (bicyclic) bond motifs is 5. The number of nitrogens with zero attached hydrogens (tertiary/aromatic N) is 2. The van der Waals surface area contributed by atoms with Crippen molar-refractivity contribution in [3.8, 4) is 0 Å². The Kier molecular flexibility index (Phi) is 3.08. The van der Waals surface area contributed by atoms with Crippen LogP contribution in [0.1, 0.15) is 27.9 Å². The summed E-state index contributed by atoms with van der Waals surface area (Å²) in [5.41, 5.74) is -0.228. The molecule has 0 aliphatic carbocycles. The number of benzene rings is 2. The molecule has 5 aliphatic rings. The predicted octanol–water partition coefficient (Wildman–Crippen LogP) is 0.206. The Labute approximate surface area is 187 Å². The van der Waals surface area contributed by atoms with Gasteiger partial charge < -0.3 is 9.80 Å².